The fourth-order valence-corrected chi connectivity index (χ4v) is 12.6. The van der Waals surface area contributed by atoms with E-state index < -0.39 is 237 Å². The molecule has 0 aromatic heterocycles. The number of ether oxygens (including phenoxy) is 6. The predicted octanol–water partition coefficient (Wildman–Crippen LogP) is 0.0213. The van der Waals surface area contributed by atoms with E-state index in [0.29, 0.717) is 6.42 Å². The van der Waals surface area contributed by atoms with E-state index in [4.69, 9.17) is 68.8 Å². The Labute approximate surface area is 583 Å². The van der Waals surface area contributed by atoms with Crippen LogP contribution in [0.25, 0.3) is 11.1 Å². The Bertz CT molecular complexity index is 4020. The molecule has 5 aromatic rings. The van der Waals surface area contributed by atoms with Crippen molar-refractivity contribution in [3.63, 3.8) is 0 Å². The van der Waals surface area contributed by atoms with Gasteiger partial charge in [0.25, 0.3) is 0 Å². The van der Waals surface area contributed by atoms with Crippen molar-refractivity contribution in [3.05, 3.63) is 117 Å². The molecular weight excluding hydrogens is 1390 g/mol. The number of hydrogen-bond donors (Lipinski definition) is 19. The van der Waals surface area contributed by atoms with Crippen molar-refractivity contribution in [2.45, 2.75) is 156 Å². The Kier molecular flexibility index (Phi) is 23.0. The van der Waals surface area contributed by atoms with Crippen LogP contribution in [0.1, 0.15) is 105 Å². The highest BCUT2D eigenvalue weighted by atomic mass is 35.5. The molecule has 18 atom stereocenters. The van der Waals surface area contributed by atoms with E-state index in [1.165, 1.54) is 26.0 Å². The normalized spacial score (nSPS) is 29.4. The van der Waals surface area contributed by atoms with Crippen LogP contribution in [0.4, 0.5) is 0 Å². The summed E-state index contributed by atoms with van der Waals surface area (Å²) < 4.78 is 38.2. The van der Waals surface area contributed by atoms with Gasteiger partial charge in [-0.1, -0.05) is 54.7 Å². The summed E-state index contributed by atoms with van der Waals surface area (Å²) in [5, 5.41) is 127. The molecule has 12 rings (SSSR count). The van der Waals surface area contributed by atoms with Gasteiger partial charge in [-0.15, -0.1) is 12.4 Å². The summed E-state index contributed by atoms with van der Waals surface area (Å²) in [6.07, 6.45) is -18.3. The SMILES string of the molecule is CCC[C@@H](N)C(=O)N[C@H]1C(=O)N[C@@H](CC(N)=O)C(=O)N[C@H]2C(=O)N[C@H]3C(=O)N[C@H](C(=O)NC(C(=O)O)c4cc(O)cc(O)c4-c4cc3ccc4O)[C@H](O)c3ccc(c(Cl)c3)Oc3cc2cc(c3O[C@@H]2O[C@H](CO)[C@@H](O)[C@H](O)[C@H]2O[C@H]2C[C@](C)(N)[C@H](O)[C@H](C)O2)Oc2ccc(cc2Cl)[C@H]1O.Cl. The highest BCUT2D eigenvalue weighted by molar-refractivity contribution is 6.32. The average molecular weight is 1460 g/mol. The minimum Gasteiger partial charge on any atom is -0.508 e. The van der Waals surface area contributed by atoms with Crippen molar-refractivity contribution in [2.75, 3.05) is 6.61 Å². The molecule has 0 aliphatic carbocycles. The number of aliphatic hydroxyl groups is 6. The number of aliphatic carboxylic acids is 1. The summed E-state index contributed by atoms with van der Waals surface area (Å²) >= 11 is 14.0. The number of aliphatic hydroxyl groups excluding tert-OH is 6. The van der Waals surface area contributed by atoms with Crippen LogP contribution in [0.3, 0.4) is 0 Å². The number of carboxylic acids is 1. The van der Waals surface area contributed by atoms with E-state index >= 15 is 14.4 Å². The molecule has 5 aromatic carbocycles. The van der Waals surface area contributed by atoms with E-state index in [9.17, 15) is 75.0 Å². The van der Waals surface area contributed by atoms with E-state index in [2.05, 4.69) is 31.9 Å². The number of phenols is 3. The maximum Gasteiger partial charge on any atom is 0.330 e. The Morgan fingerprint density at radius 2 is 1.32 bits per heavy atom. The lowest BCUT2D eigenvalue weighted by Gasteiger charge is -2.47. The fraction of sp³-hybridized carbons (Fsp3) is 0.406. The van der Waals surface area contributed by atoms with Gasteiger partial charge in [-0.05, 0) is 97.1 Å². The molecule has 33 nitrogen and oxygen atoms in total. The molecule has 2 fully saturated rings. The molecule has 0 spiro atoms. The average Bonchev–Trinajstić information content (AvgIpc) is 0.774. The lowest BCUT2D eigenvalue weighted by molar-refractivity contribution is -0.333. The number of amides is 7. The van der Waals surface area contributed by atoms with Crippen LogP contribution in [0.2, 0.25) is 10.0 Å². The predicted molar refractivity (Wildman–Crippen MR) is 347 cm³/mol. The Morgan fingerprint density at radius 1 is 0.720 bits per heavy atom. The number of aromatic hydroxyl groups is 3. The Balaban J connectivity index is 0.0000117. The molecule has 7 amide bonds. The zero-order valence-electron chi connectivity index (χ0n) is 52.9. The molecule has 1 unspecified atom stereocenters. The van der Waals surface area contributed by atoms with E-state index in [1.54, 1.807) is 6.92 Å². The quantitative estimate of drug-likeness (QED) is 0.0783. The van der Waals surface area contributed by atoms with E-state index in [-0.39, 0.29) is 52.7 Å². The van der Waals surface area contributed by atoms with E-state index in [0.717, 1.165) is 66.7 Å². The maximum atomic E-state index is 16.0. The number of phenolic OH excluding ortho intramolecular Hbond substituents is 3. The summed E-state index contributed by atoms with van der Waals surface area (Å²) in [5.41, 5.74) is 14.0. The number of rotatable bonds is 12. The van der Waals surface area contributed by atoms with Crippen molar-refractivity contribution < 1.29 is 118 Å². The van der Waals surface area contributed by atoms with Crippen LogP contribution in [-0.2, 0) is 52.6 Å². The minimum atomic E-state index is -2.35. The molecule has 0 saturated carbocycles. The summed E-state index contributed by atoms with van der Waals surface area (Å²) in [6, 6.07) is -1.14. The van der Waals surface area contributed by atoms with Gasteiger partial charge in [0.1, 0.15) is 89.5 Å². The van der Waals surface area contributed by atoms with Gasteiger partial charge in [0, 0.05) is 34.7 Å². The third-order valence-corrected chi connectivity index (χ3v) is 17.9. The number of carbonyl (C=O) groups is 8. The maximum absolute atomic E-state index is 16.0. The molecule has 0 radical (unpaired) electrons. The highest BCUT2D eigenvalue weighted by Gasteiger charge is 2.51. The highest BCUT2D eigenvalue weighted by Crippen LogP contribution is 2.50. The molecule has 7 aliphatic heterocycles. The van der Waals surface area contributed by atoms with Gasteiger partial charge >= 0.3 is 5.97 Å². The fourth-order valence-electron chi connectivity index (χ4n) is 12.1. The monoisotopic (exact) mass is 1460 g/mol. The molecule has 538 valence electrons. The van der Waals surface area contributed by atoms with Gasteiger partial charge < -0.3 is 129 Å². The first-order valence-corrected chi connectivity index (χ1v) is 31.6. The number of primary amides is 1. The summed E-state index contributed by atoms with van der Waals surface area (Å²) in [4.78, 5) is 116. The zero-order chi connectivity index (χ0) is 72.0. The van der Waals surface area contributed by atoms with Gasteiger partial charge in [0.2, 0.25) is 53.4 Å². The number of carbonyl (C=O) groups excluding carboxylic acids is 7. The Hall–Kier alpha value is -8.91. The second-order valence-electron chi connectivity index (χ2n) is 24.6. The molecule has 100 heavy (non-hydrogen) atoms. The van der Waals surface area contributed by atoms with Crippen molar-refractivity contribution in [2.24, 2.45) is 17.2 Å². The van der Waals surface area contributed by atoms with Crippen LogP contribution >= 0.6 is 35.6 Å². The first-order chi connectivity index (χ1) is 46.8. The van der Waals surface area contributed by atoms with Crippen LogP contribution in [-0.4, -0.2) is 184 Å². The lowest BCUT2D eigenvalue weighted by atomic mass is 9.86. The molecular formula is C64H72Cl3N9O24. The first kappa shape index (κ1) is 75.3. The standard InChI is InChI=1S/C64H71Cl2N9O24.ClH/c1-4-5-32(67)56(86)74-47-49(81)24-7-10-36(30(65)13-24)95-38-15-26-16-39(53(38)99-63-54(52(84)51(83)40(21-76)97-63)98-42-20-64(3,69)55(85)22(2)94-42)96-37-11-8-25(14-31(37)66)50(82)48-61(91)73-46(62(92)93)29-17-27(77)18-35(79)43(29)28-12-23(6-9-34(28)78)44(58(88)75-48)72-59(89)45(26)71-57(87)33(19-41(68)80)70-60(47)90;/h6-18,22,32-33,40,42,44-52,54-55,63,76-79,81-85H,4-5,19-21,67,69H2,1-3H3,(H2,68,80)(H,70,90)(H,71,87)(H,72,89)(H,73,91)(H,74,86)(H,75,88)(H,92,93);1H/t22-,32+,33-,40+,42-,44+,45+,46?,47+,48-,49+,50+,51+,52-,54+,55+,63-,64-;/m0./s1. The van der Waals surface area contributed by atoms with Crippen molar-refractivity contribution in [1.29, 1.82) is 0 Å². The number of fused-ring (bicyclic) bond motifs is 15. The summed E-state index contributed by atoms with van der Waals surface area (Å²) in [6.45, 7) is 3.73. The summed E-state index contributed by atoms with van der Waals surface area (Å²) in [5.74, 6) is -16.2. The molecule has 7 heterocycles. The van der Waals surface area contributed by atoms with Crippen molar-refractivity contribution in [3.8, 4) is 57.1 Å². The van der Waals surface area contributed by atoms with Crippen LogP contribution in [0.5, 0.6) is 46.0 Å². The van der Waals surface area contributed by atoms with Crippen molar-refractivity contribution in [1.82, 2.24) is 31.9 Å². The van der Waals surface area contributed by atoms with Gasteiger partial charge in [-0.2, -0.15) is 0 Å². The van der Waals surface area contributed by atoms with Crippen molar-refractivity contribution >= 4 is 82.9 Å². The van der Waals surface area contributed by atoms with Gasteiger partial charge in [0.05, 0.1) is 41.3 Å². The van der Waals surface area contributed by atoms with Gasteiger partial charge in [0.15, 0.2) is 29.9 Å². The largest absolute Gasteiger partial charge is 0.508 e. The molecule has 11 bridgehead atoms. The first-order valence-electron chi connectivity index (χ1n) is 30.8. The summed E-state index contributed by atoms with van der Waals surface area (Å²) in [7, 11) is 0. The molecule has 22 N–H and O–H groups in total. The third-order valence-electron chi connectivity index (χ3n) is 17.3. The lowest BCUT2D eigenvalue weighted by Crippen LogP contribution is -2.64. The molecule has 36 heteroatoms. The smallest absolute Gasteiger partial charge is 0.330 e. The molecule has 2 saturated heterocycles. The second-order valence-corrected chi connectivity index (χ2v) is 25.5. The van der Waals surface area contributed by atoms with E-state index in [1.807, 2.05) is 0 Å². The number of halogens is 3. The number of nitrogens with two attached hydrogens (primary N) is 3. The number of nitrogens with one attached hydrogen (secondary N) is 6. The Morgan fingerprint density at radius 3 is 1.91 bits per heavy atom. The number of carboxylic acid groups (broad SMARTS) is 1. The number of benzene rings is 5. The van der Waals surface area contributed by atoms with Crippen LogP contribution in [0.15, 0.2) is 78.9 Å². The minimum absolute atomic E-state index is 0. The van der Waals surface area contributed by atoms with Crippen LogP contribution < -0.4 is 63.3 Å². The zero-order valence-corrected chi connectivity index (χ0v) is 55.3. The van der Waals surface area contributed by atoms with Crippen LogP contribution in [0, 0.1) is 0 Å². The third kappa shape index (κ3) is 15.7. The topological polar surface area (TPSA) is 544 Å². The van der Waals surface area contributed by atoms with Gasteiger partial charge in [-0.25, -0.2) is 4.79 Å². The number of hydrogen-bond acceptors (Lipinski definition) is 25. The second kappa shape index (κ2) is 30.5. The molecule has 7 aliphatic rings. The van der Waals surface area contributed by atoms with Gasteiger partial charge in [-0.3, -0.25) is 33.6 Å².